The molecule has 1 aliphatic rings. The van der Waals surface area contributed by atoms with Gasteiger partial charge in [0.15, 0.2) is 0 Å². The summed E-state index contributed by atoms with van der Waals surface area (Å²) in [6.45, 7) is 4.83. The molecule has 2 aromatic carbocycles. The second-order valence-electron chi connectivity index (χ2n) is 6.48. The van der Waals surface area contributed by atoms with Crippen LogP contribution in [0.2, 0.25) is 5.02 Å². The number of fused-ring (bicyclic) bond motifs is 1. The molecule has 0 fully saturated rings. The third kappa shape index (κ3) is 4.95. The molecule has 1 aliphatic heterocycles. The Hall–Kier alpha value is -1.65. The highest BCUT2D eigenvalue weighted by Crippen LogP contribution is 2.28. The standard InChI is InChI=1S/C21H25ClN2OS/c1-2-20(26-18-10-8-17(22)9-11-18)21(25)23-13-5-14-24-15-12-16-6-3-4-7-19(16)24/h3-4,6-11,20H,2,5,12-15H2,1H3,(H,23,25)/t20-/m1/s1. The summed E-state index contributed by atoms with van der Waals surface area (Å²) in [4.78, 5) is 16.0. The number of nitrogens with zero attached hydrogens (tertiary/aromatic N) is 1. The highest BCUT2D eigenvalue weighted by atomic mass is 35.5. The van der Waals surface area contributed by atoms with E-state index in [2.05, 4.69) is 34.5 Å². The summed E-state index contributed by atoms with van der Waals surface area (Å²) in [6, 6.07) is 16.3. The normalized spacial score (nSPS) is 14.2. The molecule has 0 saturated carbocycles. The number of hydrogen-bond acceptors (Lipinski definition) is 3. The maximum Gasteiger partial charge on any atom is 0.233 e. The van der Waals surface area contributed by atoms with Crippen LogP contribution >= 0.6 is 23.4 Å². The van der Waals surface area contributed by atoms with Crippen LogP contribution in [0.15, 0.2) is 53.4 Å². The van der Waals surface area contributed by atoms with E-state index < -0.39 is 0 Å². The largest absolute Gasteiger partial charge is 0.371 e. The first-order valence-electron chi connectivity index (χ1n) is 9.20. The van der Waals surface area contributed by atoms with Crippen molar-refractivity contribution >= 4 is 35.0 Å². The fraction of sp³-hybridized carbons (Fsp3) is 0.381. The molecule has 1 amide bonds. The highest BCUT2D eigenvalue weighted by Gasteiger charge is 2.19. The van der Waals surface area contributed by atoms with Crippen molar-refractivity contribution in [2.24, 2.45) is 0 Å². The number of carbonyl (C=O) groups excluding carboxylic acids is 1. The molecule has 1 N–H and O–H groups in total. The Morgan fingerprint density at radius 2 is 2.00 bits per heavy atom. The van der Waals surface area contributed by atoms with E-state index in [-0.39, 0.29) is 11.2 Å². The monoisotopic (exact) mass is 388 g/mol. The molecule has 1 heterocycles. The fourth-order valence-corrected chi connectivity index (χ4v) is 4.34. The van der Waals surface area contributed by atoms with Gasteiger partial charge in [-0.2, -0.15) is 0 Å². The van der Waals surface area contributed by atoms with Crippen LogP contribution in [0.5, 0.6) is 0 Å². The SMILES string of the molecule is CC[C@@H](Sc1ccc(Cl)cc1)C(=O)NCCCN1CCc2ccccc21. The van der Waals surface area contributed by atoms with Gasteiger partial charge in [-0.25, -0.2) is 0 Å². The number of anilines is 1. The number of thioether (sulfide) groups is 1. The van der Waals surface area contributed by atoms with Crippen LogP contribution in [0.25, 0.3) is 0 Å². The molecule has 0 spiro atoms. The van der Waals surface area contributed by atoms with Crippen LogP contribution < -0.4 is 10.2 Å². The van der Waals surface area contributed by atoms with Crippen LogP contribution in [-0.4, -0.2) is 30.8 Å². The molecule has 0 bridgehead atoms. The first kappa shape index (κ1) is 19.1. The molecule has 138 valence electrons. The van der Waals surface area contributed by atoms with E-state index in [0.717, 1.165) is 48.8 Å². The molecule has 26 heavy (non-hydrogen) atoms. The lowest BCUT2D eigenvalue weighted by Crippen LogP contribution is -2.34. The van der Waals surface area contributed by atoms with Gasteiger partial charge in [-0.15, -0.1) is 11.8 Å². The van der Waals surface area contributed by atoms with E-state index in [1.165, 1.54) is 11.3 Å². The van der Waals surface area contributed by atoms with E-state index in [9.17, 15) is 4.79 Å². The van der Waals surface area contributed by atoms with Crippen LogP contribution in [0, 0.1) is 0 Å². The predicted octanol–water partition coefficient (Wildman–Crippen LogP) is 4.78. The minimum absolute atomic E-state index is 0.0660. The average Bonchev–Trinajstić information content (AvgIpc) is 3.08. The van der Waals surface area contributed by atoms with Gasteiger partial charge < -0.3 is 10.2 Å². The van der Waals surface area contributed by atoms with Crippen LogP contribution in [0.1, 0.15) is 25.3 Å². The fourth-order valence-electron chi connectivity index (χ4n) is 3.23. The number of nitrogens with one attached hydrogen (secondary N) is 1. The minimum Gasteiger partial charge on any atom is -0.371 e. The molecule has 0 unspecified atom stereocenters. The van der Waals surface area contributed by atoms with Crippen LogP contribution in [-0.2, 0) is 11.2 Å². The maximum absolute atomic E-state index is 12.5. The number of para-hydroxylation sites is 1. The molecular formula is C21H25ClN2OS. The summed E-state index contributed by atoms with van der Waals surface area (Å²) in [7, 11) is 0. The van der Waals surface area contributed by atoms with E-state index in [0.29, 0.717) is 0 Å². The number of halogens is 1. The second kappa shape index (κ2) is 9.33. The van der Waals surface area contributed by atoms with E-state index in [1.54, 1.807) is 11.8 Å². The Morgan fingerprint density at radius 3 is 2.77 bits per heavy atom. The van der Waals surface area contributed by atoms with Crippen molar-refractivity contribution in [2.45, 2.75) is 36.3 Å². The summed E-state index contributed by atoms with van der Waals surface area (Å²) < 4.78 is 0. The third-order valence-corrected chi connectivity index (χ3v) is 6.27. The smallest absolute Gasteiger partial charge is 0.233 e. The lowest BCUT2D eigenvalue weighted by atomic mass is 10.2. The van der Waals surface area contributed by atoms with Gasteiger partial charge in [0.05, 0.1) is 5.25 Å². The molecule has 0 radical (unpaired) electrons. The molecule has 2 aromatic rings. The third-order valence-electron chi connectivity index (χ3n) is 4.64. The summed E-state index contributed by atoms with van der Waals surface area (Å²) in [5.74, 6) is 0.120. The second-order valence-corrected chi connectivity index (χ2v) is 8.19. The van der Waals surface area contributed by atoms with E-state index >= 15 is 0 Å². The summed E-state index contributed by atoms with van der Waals surface area (Å²) >= 11 is 7.52. The molecule has 3 rings (SSSR count). The van der Waals surface area contributed by atoms with E-state index in [1.807, 2.05) is 31.2 Å². The van der Waals surface area contributed by atoms with Crippen molar-refractivity contribution in [1.82, 2.24) is 5.32 Å². The van der Waals surface area contributed by atoms with Gasteiger partial charge in [-0.3, -0.25) is 4.79 Å². The topological polar surface area (TPSA) is 32.3 Å². The predicted molar refractivity (Wildman–Crippen MR) is 111 cm³/mol. The number of hydrogen-bond donors (Lipinski definition) is 1. The number of carbonyl (C=O) groups is 1. The first-order chi connectivity index (χ1) is 12.7. The Kier molecular flexibility index (Phi) is 6.86. The van der Waals surface area contributed by atoms with Gasteiger partial charge in [0.2, 0.25) is 5.91 Å². The summed E-state index contributed by atoms with van der Waals surface area (Å²) in [5, 5.41) is 3.75. The molecule has 5 heteroatoms. The number of amides is 1. The Balaban J connectivity index is 1.42. The zero-order chi connectivity index (χ0) is 18.4. The molecule has 1 atom stereocenters. The molecule has 0 aliphatic carbocycles. The van der Waals surface area contributed by atoms with Crippen molar-refractivity contribution in [3.8, 4) is 0 Å². The van der Waals surface area contributed by atoms with Crippen LogP contribution in [0.3, 0.4) is 0 Å². The van der Waals surface area contributed by atoms with Gasteiger partial charge in [0, 0.05) is 35.2 Å². The van der Waals surface area contributed by atoms with Crippen molar-refractivity contribution in [3.05, 3.63) is 59.1 Å². The van der Waals surface area contributed by atoms with E-state index in [4.69, 9.17) is 11.6 Å². The van der Waals surface area contributed by atoms with Gasteiger partial charge in [0.25, 0.3) is 0 Å². The van der Waals surface area contributed by atoms with Crippen molar-refractivity contribution < 1.29 is 4.79 Å². The maximum atomic E-state index is 12.5. The Morgan fingerprint density at radius 1 is 1.23 bits per heavy atom. The van der Waals surface area contributed by atoms with Crippen molar-refractivity contribution in [1.29, 1.82) is 0 Å². The lowest BCUT2D eigenvalue weighted by molar-refractivity contribution is -0.120. The quantitative estimate of drug-likeness (QED) is 0.521. The van der Waals surface area contributed by atoms with Crippen molar-refractivity contribution in [3.63, 3.8) is 0 Å². The lowest BCUT2D eigenvalue weighted by Gasteiger charge is -2.20. The summed E-state index contributed by atoms with van der Waals surface area (Å²) in [5.41, 5.74) is 2.78. The van der Waals surface area contributed by atoms with Gasteiger partial charge in [-0.1, -0.05) is 36.7 Å². The highest BCUT2D eigenvalue weighted by molar-refractivity contribution is 8.00. The number of benzene rings is 2. The zero-order valence-electron chi connectivity index (χ0n) is 15.1. The summed E-state index contributed by atoms with van der Waals surface area (Å²) in [6.07, 6.45) is 2.89. The molecule has 3 nitrogen and oxygen atoms in total. The first-order valence-corrected chi connectivity index (χ1v) is 10.5. The number of rotatable bonds is 8. The van der Waals surface area contributed by atoms with Crippen LogP contribution in [0.4, 0.5) is 5.69 Å². The minimum atomic E-state index is -0.0660. The zero-order valence-corrected chi connectivity index (χ0v) is 16.7. The average molecular weight is 389 g/mol. The molecular weight excluding hydrogens is 364 g/mol. The van der Waals surface area contributed by atoms with Gasteiger partial charge in [-0.05, 0) is 55.2 Å². The van der Waals surface area contributed by atoms with Gasteiger partial charge >= 0.3 is 0 Å². The molecule has 0 saturated heterocycles. The Bertz CT molecular complexity index is 735. The van der Waals surface area contributed by atoms with Crippen molar-refractivity contribution in [2.75, 3.05) is 24.5 Å². The van der Waals surface area contributed by atoms with Gasteiger partial charge in [0.1, 0.15) is 0 Å². The Labute approximate surface area is 165 Å². The molecule has 0 aromatic heterocycles.